The van der Waals surface area contributed by atoms with Crippen LogP contribution in [0.2, 0.25) is 0 Å². The van der Waals surface area contributed by atoms with Crippen LogP contribution in [0.5, 0.6) is 5.75 Å². The van der Waals surface area contributed by atoms with Gasteiger partial charge in [-0.3, -0.25) is 24.2 Å². The first-order chi connectivity index (χ1) is 19.2. The van der Waals surface area contributed by atoms with Gasteiger partial charge in [-0.15, -0.1) is 0 Å². The van der Waals surface area contributed by atoms with E-state index in [4.69, 9.17) is 10.5 Å². The number of rotatable bonds is 5. The quantitative estimate of drug-likeness (QED) is 0.309. The summed E-state index contributed by atoms with van der Waals surface area (Å²) >= 11 is 0. The molecule has 3 fully saturated rings. The molecular weight excluding hydrogens is 532 g/mol. The molecular formula is C29H36N4O8. The number of anilines is 1. The normalized spacial score (nSPS) is 32.9. The van der Waals surface area contributed by atoms with E-state index in [1.54, 1.807) is 19.0 Å². The van der Waals surface area contributed by atoms with Crippen molar-refractivity contribution < 1.29 is 39.5 Å². The lowest BCUT2D eigenvalue weighted by Crippen LogP contribution is -2.60. The number of ether oxygens (including phenoxy) is 1. The Balaban J connectivity index is 1.48. The number of aromatic hydroxyl groups is 1. The molecule has 5 atom stereocenters. The molecule has 0 aromatic heterocycles. The molecule has 1 amide bonds. The summed E-state index contributed by atoms with van der Waals surface area (Å²) in [6.45, 7) is 1.49. The van der Waals surface area contributed by atoms with Crippen LogP contribution in [0.25, 0.3) is 5.76 Å². The molecule has 3 aliphatic carbocycles. The summed E-state index contributed by atoms with van der Waals surface area (Å²) in [7, 11) is 7.10. The second kappa shape index (κ2) is 9.02. The highest BCUT2D eigenvalue weighted by Crippen LogP contribution is 2.67. The number of carbonyl (C=O) groups excluding carboxylic acids is 3. The Hall–Kier alpha value is -3.45. The molecule has 12 heteroatoms. The third kappa shape index (κ3) is 3.64. The molecule has 220 valence electrons. The van der Waals surface area contributed by atoms with Crippen LogP contribution in [0.3, 0.4) is 0 Å². The van der Waals surface area contributed by atoms with E-state index in [1.807, 2.05) is 25.1 Å². The van der Waals surface area contributed by atoms with Gasteiger partial charge in [-0.25, -0.2) is 0 Å². The summed E-state index contributed by atoms with van der Waals surface area (Å²) in [4.78, 5) is 44.0. The number of aliphatic hydroxyl groups excluding tert-OH is 2. The molecule has 1 aromatic rings. The number of primary amides is 1. The van der Waals surface area contributed by atoms with Crippen LogP contribution >= 0.6 is 0 Å². The van der Waals surface area contributed by atoms with Crippen molar-refractivity contribution in [2.75, 3.05) is 46.2 Å². The molecule has 0 radical (unpaired) electrons. The van der Waals surface area contributed by atoms with Gasteiger partial charge in [-0.05, 0) is 44.5 Å². The molecule has 1 spiro atoms. The Bertz CT molecular complexity index is 1450. The van der Waals surface area contributed by atoms with Crippen LogP contribution in [-0.4, -0.2) is 106 Å². The average molecular weight is 569 g/mol. The first-order valence-corrected chi connectivity index (χ1v) is 13.8. The Kier molecular flexibility index (Phi) is 6.10. The smallest absolute Gasteiger partial charge is 0.253 e. The van der Waals surface area contributed by atoms with E-state index in [0.717, 1.165) is 5.69 Å². The van der Waals surface area contributed by atoms with Crippen LogP contribution < -0.4 is 10.6 Å². The molecule has 41 heavy (non-hydrogen) atoms. The van der Waals surface area contributed by atoms with Crippen molar-refractivity contribution in [1.82, 2.24) is 9.80 Å². The zero-order valence-corrected chi connectivity index (χ0v) is 23.6. The van der Waals surface area contributed by atoms with Crippen molar-refractivity contribution in [3.8, 4) is 5.75 Å². The predicted molar refractivity (Wildman–Crippen MR) is 147 cm³/mol. The van der Waals surface area contributed by atoms with Gasteiger partial charge in [0.2, 0.25) is 11.6 Å². The number of fused-ring (bicyclic) bond motifs is 2. The summed E-state index contributed by atoms with van der Waals surface area (Å²) in [5.41, 5.74) is 5.26. The van der Waals surface area contributed by atoms with Gasteiger partial charge in [0.05, 0.1) is 11.6 Å². The van der Waals surface area contributed by atoms with Gasteiger partial charge < -0.3 is 35.8 Å². The van der Waals surface area contributed by atoms with Crippen molar-refractivity contribution in [1.29, 1.82) is 0 Å². The molecule has 12 nitrogen and oxygen atoms in total. The average Bonchev–Trinajstić information content (AvgIpc) is 3.51. The van der Waals surface area contributed by atoms with Crippen molar-refractivity contribution in [2.24, 2.45) is 17.6 Å². The number of likely N-dealkylation sites (N-methyl/N-ethyl adjacent to an activating group) is 1. The minimum atomic E-state index is -2.42. The molecule has 5 aliphatic rings. The first-order valence-electron chi connectivity index (χ1n) is 13.8. The van der Waals surface area contributed by atoms with Crippen LogP contribution in [-0.2, 0) is 32.1 Å². The van der Waals surface area contributed by atoms with Gasteiger partial charge in [0.25, 0.3) is 5.91 Å². The molecule has 2 saturated heterocycles. The molecule has 1 saturated carbocycles. The fourth-order valence-electron chi connectivity index (χ4n) is 7.68. The fraction of sp³-hybridized carbons (Fsp3) is 0.552. The predicted octanol–water partition coefficient (Wildman–Crippen LogP) is 0.352. The number of Topliss-reactive ketones (excluding diaryl/α,β-unsaturated/α-hetero) is 2. The van der Waals surface area contributed by atoms with Crippen LogP contribution in [0, 0.1) is 11.8 Å². The maximum atomic E-state index is 14.3. The van der Waals surface area contributed by atoms with E-state index in [9.17, 15) is 34.8 Å². The van der Waals surface area contributed by atoms with Crippen LogP contribution in [0.4, 0.5) is 5.69 Å². The van der Waals surface area contributed by atoms with Gasteiger partial charge in [-0.1, -0.05) is 0 Å². The largest absolute Gasteiger partial charge is 0.510 e. The monoisotopic (exact) mass is 568 g/mol. The zero-order chi connectivity index (χ0) is 29.8. The maximum absolute atomic E-state index is 14.3. The summed E-state index contributed by atoms with van der Waals surface area (Å²) in [5, 5.41) is 45.7. The lowest BCUT2D eigenvalue weighted by molar-refractivity contribution is -0.127. The number of hydrogen-bond donors (Lipinski definition) is 5. The molecule has 2 aliphatic heterocycles. The topological polar surface area (TPSA) is 180 Å². The number of phenols is 1. The van der Waals surface area contributed by atoms with E-state index in [1.165, 1.54) is 0 Å². The summed E-state index contributed by atoms with van der Waals surface area (Å²) < 4.78 is 5.71. The SMILES string of the molecule is CN(C)c1cc(CN2CCC(=O)CC2)c(O)c2c1C[C@H]1C[C@H]3[C@H](N(C)C)C(O)=C(C(N)=O)C4(O)O[C@]34C(=O)C1=C2O. The van der Waals surface area contributed by atoms with E-state index in [2.05, 4.69) is 4.90 Å². The van der Waals surface area contributed by atoms with E-state index < -0.39 is 52.3 Å². The van der Waals surface area contributed by atoms with Crippen molar-refractivity contribution in [3.63, 3.8) is 0 Å². The van der Waals surface area contributed by atoms with Gasteiger partial charge in [0.1, 0.15) is 28.6 Å². The fourth-order valence-corrected chi connectivity index (χ4v) is 7.68. The van der Waals surface area contributed by atoms with Gasteiger partial charge >= 0.3 is 0 Å². The molecule has 6 rings (SSSR count). The van der Waals surface area contributed by atoms with Crippen LogP contribution in [0.15, 0.2) is 23.0 Å². The maximum Gasteiger partial charge on any atom is 0.253 e. The number of nitrogens with zero attached hydrogens (tertiary/aromatic N) is 3. The van der Waals surface area contributed by atoms with Crippen LogP contribution in [0.1, 0.15) is 36.0 Å². The molecule has 1 aromatic carbocycles. The Morgan fingerprint density at radius 1 is 1.15 bits per heavy atom. The van der Waals surface area contributed by atoms with Crippen molar-refractivity contribution in [3.05, 3.63) is 39.7 Å². The second-order valence-electron chi connectivity index (χ2n) is 12.3. The summed E-state index contributed by atoms with van der Waals surface area (Å²) in [6.07, 6.45) is 1.45. The van der Waals surface area contributed by atoms with E-state index >= 15 is 0 Å². The molecule has 6 N–H and O–H groups in total. The number of piperidine rings is 1. The number of nitrogens with two attached hydrogens (primary N) is 1. The number of carbonyl (C=O) groups is 3. The number of phenolic OH excluding ortho intramolecular Hbond substituents is 1. The lowest BCUT2D eigenvalue weighted by Gasteiger charge is -2.46. The highest BCUT2D eigenvalue weighted by Gasteiger charge is 2.86. The molecule has 1 unspecified atom stereocenters. The Labute approximate surface area is 237 Å². The minimum Gasteiger partial charge on any atom is -0.510 e. The number of amides is 1. The van der Waals surface area contributed by atoms with Crippen molar-refractivity contribution >= 4 is 28.9 Å². The standard InChI is InChI=1S/C29H36N4O8/c1-31(2)18-11-14(12-33-7-5-15(34)6-8-33)23(35)20-16(18)9-13-10-17-22(32(3)4)25(37)21(27(30)39)29(40)28(17,41-29)26(38)19(13)24(20)36/h11,13,17,22,35-37,40H,5-10,12H2,1-4H3,(H2,30,39)/t13-,17-,22-,28-,29?/m0/s1. The highest BCUT2D eigenvalue weighted by atomic mass is 16.8. The van der Waals surface area contributed by atoms with E-state index in [0.29, 0.717) is 50.0 Å². The number of aliphatic hydroxyl groups is 3. The Morgan fingerprint density at radius 2 is 1.80 bits per heavy atom. The summed E-state index contributed by atoms with van der Waals surface area (Å²) in [5.74, 6) is -6.20. The third-order valence-electron chi connectivity index (χ3n) is 9.58. The number of hydrogen-bond acceptors (Lipinski definition) is 11. The summed E-state index contributed by atoms with van der Waals surface area (Å²) in [6, 6.07) is 1.05. The van der Waals surface area contributed by atoms with Gasteiger partial charge in [-0.2, -0.15) is 0 Å². The van der Waals surface area contributed by atoms with Crippen molar-refractivity contribution in [2.45, 2.75) is 49.7 Å². The first kappa shape index (κ1) is 27.7. The minimum absolute atomic E-state index is 0.0214. The number of likely N-dealkylation sites (tertiary alicyclic amines) is 1. The number of ketones is 2. The van der Waals surface area contributed by atoms with Gasteiger partial charge in [0.15, 0.2) is 5.60 Å². The highest BCUT2D eigenvalue weighted by molar-refractivity contribution is 6.14. The van der Waals surface area contributed by atoms with Gasteiger partial charge in [0, 0.05) is 69.3 Å². The second-order valence-corrected chi connectivity index (χ2v) is 12.3. The third-order valence-corrected chi connectivity index (χ3v) is 9.58. The van der Waals surface area contributed by atoms with E-state index in [-0.39, 0.29) is 34.8 Å². The Morgan fingerprint density at radius 3 is 2.39 bits per heavy atom. The number of epoxide rings is 1. The molecule has 0 bridgehead atoms. The number of benzene rings is 1. The zero-order valence-electron chi connectivity index (χ0n) is 23.6. The molecule has 2 heterocycles. The lowest BCUT2D eigenvalue weighted by atomic mass is 9.58.